The van der Waals surface area contributed by atoms with E-state index in [4.69, 9.17) is 16.3 Å². The maximum absolute atomic E-state index is 12.5. The number of hydrogen-bond acceptors (Lipinski definition) is 6. The number of pyridine rings is 1. The molecule has 0 aromatic carbocycles. The van der Waals surface area contributed by atoms with Gasteiger partial charge in [-0.2, -0.15) is 13.2 Å². The van der Waals surface area contributed by atoms with Gasteiger partial charge in [0.1, 0.15) is 24.1 Å². The molecule has 1 amide bonds. The molecule has 0 radical (unpaired) electrons. The summed E-state index contributed by atoms with van der Waals surface area (Å²) in [6.45, 7) is 0.558. The third-order valence-corrected chi connectivity index (χ3v) is 4.73. The summed E-state index contributed by atoms with van der Waals surface area (Å²) in [5.74, 6) is -0.0733. The molecule has 0 unspecified atom stereocenters. The summed E-state index contributed by atoms with van der Waals surface area (Å²) < 4.78 is 42.5. The van der Waals surface area contributed by atoms with Crippen LogP contribution in [-0.4, -0.2) is 64.9 Å². The van der Waals surface area contributed by atoms with Gasteiger partial charge >= 0.3 is 6.18 Å². The first-order chi connectivity index (χ1) is 14.7. The zero-order valence-electron chi connectivity index (χ0n) is 16.7. The molecule has 0 bridgehead atoms. The van der Waals surface area contributed by atoms with Crippen molar-refractivity contribution >= 4 is 34.4 Å². The van der Waals surface area contributed by atoms with Crippen molar-refractivity contribution in [3.8, 4) is 11.4 Å². The Hall–Kier alpha value is -2.92. The number of fused-ring (bicyclic) bond motifs is 1. The maximum atomic E-state index is 12.5. The van der Waals surface area contributed by atoms with Crippen LogP contribution in [-0.2, 0) is 9.53 Å². The molecule has 0 aliphatic rings. The van der Waals surface area contributed by atoms with Gasteiger partial charge in [-0.3, -0.25) is 4.79 Å². The highest BCUT2D eigenvalue weighted by Gasteiger charge is 2.30. The quantitative estimate of drug-likeness (QED) is 0.540. The van der Waals surface area contributed by atoms with Crippen molar-refractivity contribution in [2.24, 2.45) is 0 Å². The second-order valence-electron chi connectivity index (χ2n) is 6.69. The molecule has 0 saturated carbocycles. The molecule has 12 heteroatoms. The van der Waals surface area contributed by atoms with E-state index in [1.807, 2.05) is 5.32 Å². The number of carbonyl (C=O) groups is 1. The fraction of sp³-hybridized carbons (Fsp3) is 0.368. The first-order valence-corrected chi connectivity index (χ1v) is 9.63. The predicted molar refractivity (Wildman–Crippen MR) is 110 cm³/mol. The Kier molecular flexibility index (Phi) is 6.96. The van der Waals surface area contributed by atoms with E-state index in [-0.39, 0.29) is 13.2 Å². The normalized spacial score (nSPS) is 12.7. The number of ether oxygens (including phenoxy) is 1. The van der Waals surface area contributed by atoms with E-state index in [9.17, 15) is 18.0 Å². The van der Waals surface area contributed by atoms with Crippen molar-refractivity contribution < 1.29 is 22.7 Å². The van der Waals surface area contributed by atoms with Crippen molar-refractivity contribution in [2.75, 3.05) is 31.7 Å². The van der Waals surface area contributed by atoms with Crippen molar-refractivity contribution in [2.45, 2.75) is 19.1 Å². The first kappa shape index (κ1) is 22.8. The topological polar surface area (TPSA) is 96.0 Å². The number of amides is 1. The highest BCUT2D eigenvalue weighted by Crippen LogP contribution is 2.28. The molecule has 8 nitrogen and oxygen atoms in total. The Morgan fingerprint density at radius 2 is 2.16 bits per heavy atom. The van der Waals surface area contributed by atoms with Crippen LogP contribution in [0.25, 0.3) is 22.4 Å². The smallest absolute Gasteiger partial charge is 0.383 e. The number of nitrogens with one attached hydrogen (secondary N) is 2. The number of methoxy groups -OCH3 is 1. The fourth-order valence-electron chi connectivity index (χ4n) is 2.97. The van der Waals surface area contributed by atoms with Gasteiger partial charge < -0.3 is 19.9 Å². The van der Waals surface area contributed by atoms with Crippen LogP contribution in [0.5, 0.6) is 0 Å². The molecule has 0 fully saturated rings. The molecule has 0 spiro atoms. The van der Waals surface area contributed by atoms with E-state index in [1.165, 1.54) is 26.4 Å². The number of halogens is 4. The molecule has 3 heterocycles. The molecule has 0 aliphatic carbocycles. The number of hydrogen-bond donors (Lipinski definition) is 2. The molecule has 2 N–H and O–H groups in total. The molecule has 1 atom stereocenters. The van der Waals surface area contributed by atoms with Gasteiger partial charge in [-0.05, 0) is 19.1 Å². The van der Waals surface area contributed by atoms with Crippen LogP contribution in [0.3, 0.4) is 0 Å². The maximum Gasteiger partial charge on any atom is 0.405 e. The van der Waals surface area contributed by atoms with Crippen LogP contribution in [0.4, 0.5) is 19.0 Å². The minimum Gasteiger partial charge on any atom is -0.383 e. The second-order valence-corrected chi connectivity index (χ2v) is 7.12. The summed E-state index contributed by atoms with van der Waals surface area (Å²) in [6.07, 6.45) is 0.204. The van der Waals surface area contributed by atoms with Gasteiger partial charge in [-0.1, -0.05) is 11.6 Å². The molecule has 0 aliphatic heterocycles. The minimum atomic E-state index is -4.50. The number of alkyl halides is 3. The average Bonchev–Trinajstić information content (AvgIpc) is 3.15. The Bertz CT molecular complexity index is 1060. The molecule has 166 valence electrons. The third kappa shape index (κ3) is 5.61. The lowest BCUT2D eigenvalue weighted by atomic mass is 10.2. The van der Waals surface area contributed by atoms with Crippen molar-refractivity contribution in [3.63, 3.8) is 0 Å². The highest BCUT2D eigenvalue weighted by atomic mass is 35.5. The van der Waals surface area contributed by atoms with Crippen molar-refractivity contribution in [1.29, 1.82) is 0 Å². The van der Waals surface area contributed by atoms with Gasteiger partial charge in [0.15, 0.2) is 5.82 Å². The van der Waals surface area contributed by atoms with Crippen LogP contribution >= 0.6 is 11.6 Å². The molecular formula is C19H20ClF3N6O2. The lowest BCUT2D eigenvalue weighted by Crippen LogP contribution is -2.48. The number of aromatic amines is 1. The van der Waals surface area contributed by atoms with E-state index in [0.717, 1.165) is 0 Å². The third-order valence-electron chi connectivity index (χ3n) is 4.52. The molecule has 3 rings (SSSR count). The van der Waals surface area contributed by atoms with Gasteiger partial charge in [-0.15, -0.1) is 0 Å². The number of anilines is 1. The number of rotatable bonds is 8. The molecule has 31 heavy (non-hydrogen) atoms. The van der Waals surface area contributed by atoms with Gasteiger partial charge in [-0.25, -0.2) is 15.0 Å². The summed E-state index contributed by atoms with van der Waals surface area (Å²) >= 11 is 6.05. The van der Waals surface area contributed by atoms with Crippen LogP contribution in [0.1, 0.15) is 6.92 Å². The Labute approximate surface area is 180 Å². The standard InChI is InChI=1S/C19H20ClF3N6O2/c1-11(18(30)27-10-19(21,22)23)29(5-6-31-2)15-3-4-24-17(28-15)14-9-26-16-13(14)7-12(20)8-25-16/h3-4,7-9,11H,5-6,10H2,1-2H3,(H,25,26)(H,27,30)/t11-/m1/s1. The summed E-state index contributed by atoms with van der Waals surface area (Å²) in [5, 5.41) is 3.06. The summed E-state index contributed by atoms with van der Waals surface area (Å²) in [6, 6.07) is 2.37. The van der Waals surface area contributed by atoms with Crippen LogP contribution in [0.2, 0.25) is 5.02 Å². The average molecular weight is 457 g/mol. The van der Waals surface area contributed by atoms with Crippen molar-refractivity contribution in [3.05, 3.63) is 35.7 Å². The largest absolute Gasteiger partial charge is 0.405 e. The number of nitrogens with zero attached hydrogens (tertiary/aromatic N) is 4. The minimum absolute atomic E-state index is 0.231. The van der Waals surface area contributed by atoms with Gasteiger partial charge in [0.05, 0.1) is 11.6 Å². The molecule has 3 aromatic heterocycles. The summed E-state index contributed by atoms with van der Waals surface area (Å²) in [4.78, 5) is 29.9. The van der Waals surface area contributed by atoms with Crippen LogP contribution in [0, 0.1) is 0 Å². The van der Waals surface area contributed by atoms with E-state index < -0.39 is 24.7 Å². The van der Waals surface area contributed by atoms with Gasteiger partial charge in [0, 0.05) is 43.2 Å². The monoisotopic (exact) mass is 456 g/mol. The summed E-state index contributed by atoms with van der Waals surface area (Å²) in [7, 11) is 1.49. The van der Waals surface area contributed by atoms with E-state index in [1.54, 1.807) is 23.2 Å². The Morgan fingerprint density at radius 1 is 1.39 bits per heavy atom. The first-order valence-electron chi connectivity index (χ1n) is 9.25. The number of carbonyl (C=O) groups excluding carboxylic acids is 1. The SMILES string of the molecule is COCCN(c1ccnc(-c2c[nH]c3ncc(Cl)cc23)n1)[C@H](C)C(=O)NCC(F)(F)F. The van der Waals surface area contributed by atoms with Gasteiger partial charge in [0.2, 0.25) is 5.91 Å². The van der Waals surface area contributed by atoms with Crippen molar-refractivity contribution in [1.82, 2.24) is 25.3 Å². The molecule has 3 aromatic rings. The molecule has 0 saturated heterocycles. The summed E-state index contributed by atoms with van der Waals surface area (Å²) in [5.41, 5.74) is 1.25. The Balaban J connectivity index is 1.91. The lowest BCUT2D eigenvalue weighted by Gasteiger charge is -2.29. The number of aromatic nitrogens is 4. The van der Waals surface area contributed by atoms with Crippen LogP contribution in [0.15, 0.2) is 30.7 Å². The van der Waals surface area contributed by atoms with E-state index >= 15 is 0 Å². The van der Waals surface area contributed by atoms with E-state index in [2.05, 4.69) is 19.9 Å². The zero-order valence-corrected chi connectivity index (χ0v) is 17.5. The fourth-order valence-corrected chi connectivity index (χ4v) is 3.13. The van der Waals surface area contributed by atoms with Gasteiger partial charge in [0.25, 0.3) is 0 Å². The lowest BCUT2D eigenvalue weighted by molar-refractivity contribution is -0.139. The number of H-pyrrole nitrogens is 1. The zero-order chi connectivity index (χ0) is 22.6. The highest BCUT2D eigenvalue weighted by molar-refractivity contribution is 6.31. The molecular weight excluding hydrogens is 437 g/mol. The predicted octanol–water partition coefficient (Wildman–Crippen LogP) is 3.19. The Morgan fingerprint density at radius 3 is 2.87 bits per heavy atom. The second kappa shape index (κ2) is 9.48. The van der Waals surface area contributed by atoms with E-state index in [0.29, 0.717) is 33.3 Å². The van der Waals surface area contributed by atoms with Crippen LogP contribution < -0.4 is 10.2 Å².